The zero-order valence-corrected chi connectivity index (χ0v) is 23.7. The molecule has 0 radical (unpaired) electrons. The van der Waals surface area contributed by atoms with Crippen LogP contribution in [-0.2, 0) is 11.3 Å². The Morgan fingerprint density at radius 2 is 1.79 bits per heavy atom. The van der Waals surface area contributed by atoms with E-state index in [4.69, 9.17) is 14.0 Å². The summed E-state index contributed by atoms with van der Waals surface area (Å²) in [5, 5.41) is 19.3. The van der Waals surface area contributed by atoms with Crippen molar-refractivity contribution in [1.82, 2.24) is 25.6 Å². The lowest BCUT2D eigenvalue weighted by atomic mass is 10.1. The highest BCUT2D eigenvalue weighted by molar-refractivity contribution is 6.04. The smallest absolute Gasteiger partial charge is 0.320 e. The van der Waals surface area contributed by atoms with Crippen molar-refractivity contribution in [3.8, 4) is 17.0 Å². The summed E-state index contributed by atoms with van der Waals surface area (Å²) in [5.41, 5.74) is 2.96. The number of carbonyl (C=O) groups excluding carboxylic acids is 2. The number of carbonyl (C=O) groups is 2. The van der Waals surface area contributed by atoms with Crippen LogP contribution in [0.3, 0.4) is 0 Å². The number of urea groups is 1. The van der Waals surface area contributed by atoms with Crippen molar-refractivity contribution in [2.24, 2.45) is 0 Å². The molecule has 0 atom stereocenters. The lowest BCUT2D eigenvalue weighted by Gasteiger charge is -2.26. The van der Waals surface area contributed by atoms with Gasteiger partial charge in [0.25, 0.3) is 5.91 Å². The van der Waals surface area contributed by atoms with E-state index in [1.807, 2.05) is 38.1 Å². The van der Waals surface area contributed by atoms with Gasteiger partial charge in [-0.15, -0.1) is 0 Å². The van der Waals surface area contributed by atoms with E-state index in [0.717, 1.165) is 49.7 Å². The highest BCUT2D eigenvalue weighted by Gasteiger charge is 2.13. The van der Waals surface area contributed by atoms with Gasteiger partial charge in [-0.1, -0.05) is 43.3 Å². The topological polar surface area (TPSA) is 147 Å². The maximum absolute atomic E-state index is 12.7. The Kier molecular flexibility index (Phi) is 9.47. The number of anilines is 2. The lowest BCUT2D eigenvalue weighted by molar-refractivity contribution is 0.0322. The van der Waals surface area contributed by atoms with E-state index in [0.29, 0.717) is 41.8 Å². The monoisotopic (exact) mass is 573 g/mol. The largest absolute Gasteiger partial charge is 0.492 e. The van der Waals surface area contributed by atoms with Gasteiger partial charge in [0.05, 0.1) is 18.9 Å². The number of morpholine rings is 1. The van der Waals surface area contributed by atoms with Crippen LogP contribution in [0.15, 0.2) is 65.2 Å². The fourth-order valence-electron chi connectivity index (χ4n) is 4.30. The quantitative estimate of drug-likeness (QED) is 0.206. The Morgan fingerprint density at radius 1 is 1.02 bits per heavy atom. The molecule has 42 heavy (non-hydrogen) atoms. The highest BCUT2D eigenvalue weighted by Crippen LogP contribution is 2.22. The van der Waals surface area contributed by atoms with Crippen molar-refractivity contribution in [1.29, 1.82) is 0 Å². The number of rotatable bonds is 11. The second kappa shape index (κ2) is 13.8. The van der Waals surface area contributed by atoms with E-state index in [2.05, 4.69) is 36.2 Å². The third kappa shape index (κ3) is 7.95. The third-order valence-corrected chi connectivity index (χ3v) is 6.76. The molecule has 12 heteroatoms. The molecule has 0 aliphatic carbocycles. The SMILES string of the molecule is CC(C)c1cc(NC(=O)NCc2ccc(-c3cc(NC(=O)c4ccc(OCCN5CCOCC5)cc4)[nH]n3)cc2)no1. The first-order valence-corrected chi connectivity index (χ1v) is 13.9. The van der Waals surface area contributed by atoms with Gasteiger partial charge in [0.2, 0.25) is 0 Å². The summed E-state index contributed by atoms with van der Waals surface area (Å²) in [6, 6.07) is 17.8. The molecule has 3 amide bonds. The summed E-state index contributed by atoms with van der Waals surface area (Å²) < 4.78 is 16.4. The molecule has 12 nitrogen and oxygen atoms in total. The molecular weight excluding hydrogens is 538 g/mol. The molecule has 2 aromatic heterocycles. The number of hydrogen-bond acceptors (Lipinski definition) is 8. The summed E-state index contributed by atoms with van der Waals surface area (Å²) >= 11 is 0. The first-order valence-electron chi connectivity index (χ1n) is 13.9. The minimum absolute atomic E-state index is 0.186. The van der Waals surface area contributed by atoms with Gasteiger partial charge < -0.3 is 24.6 Å². The van der Waals surface area contributed by atoms with Crippen molar-refractivity contribution in [2.75, 3.05) is 50.1 Å². The van der Waals surface area contributed by atoms with Crippen molar-refractivity contribution in [3.05, 3.63) is 77.6 Å². The molecule has 5 rings (SSSR count). The predicted octanol–water partition coefficient (Wildman–Crippen LogP) is 4.47. The molecule has 2 aromatic carbocycles. The molecular formula is C30H35N7O5. The molecule has 220 valence electrons. The Bertz CT molecular complexity index is 1460. The maximum atomic E-state index is 12.7. The van der Waals surface area contributed by atoms with Crippen LogP contribution < -0.4 is 20.7 Å². The molecule has 1 fully saturated rings. The number of aromatic nitrogens is 3. The zero-order chi connectivity index (χ0) is 29.3. The minimum atomic E-state index is -0.374. The van der Waals surface area contributed by atoms with Crippen LogP contribution in [-0.4, -0.2) is 71.6 Å². The van der Waals surface area contributed by atoms with Gasteiger partial charge in [-0.05, 0) is 29.8 Å². The fourth-order valence-corrected chi connectivity index (χ4v) is 4.30. The van der Waals surface area contributed by atoms with Crippen molar-refractivity contribution in [2.45, 2.75) is 26.3 Å². The Morgan fingerprint density at radius 3 is 2.50 bits per heavy atom. The van der Waals surface area contributed by atoms with Crippen molar-refractivity contribution >= 4 is 23.6 Å². The van der Waals surface area contributed by atoms with Gasteiger partial charge in [-0.3, -0.25) is 20.1 Å². The lowest BCUT2D eigenvalue weighted by Crippen LogP contribution is -2.38. The van der Waals surface area contributed by atoms with Gasteiger partial charge in [0.15, 0.2) is 5.82 Å². The Balaban J connectivity index is 1.07. The molecule has 1 saturated heterocycles. The normalized spacial score (nSPS) is 13.6. The summed E-state index contributed by atoms with van der Waals surface area (Å²) in [4.78, 5) is 27.2. The molecule has 3 heterocycles. The molecule has 4 N–H and O–H groups in total. The number of ether oxygens (including phenoxy) is 2. The number of H-pyrrole nitrogens is 1. The Hall–Kier alpha value is -4.68. The minimum Gasteiger partial charge on any atom is -0.492 e. The average molecular weight is 574 g/mol. The standard InChI is InChI=1S/C30H35N7O5/c1-20(2)26-18-28(36-42-26)33-30(39)31-19-21-3-5-22(6-4-21)25-17-27(35-34-25)32-29(38)23-7-9-24(10-8-23)41-16-13-37-11-14-40-15-12-37/h3-10,17-18,20H,11-16,19H2,1-2H3,(H2,31,33,36,39)(H2,32,34,35,38). The molecule has 0 saturated carbocycles. The number of aromatic amines is 1. The first kappa shape index (κ1) is 28.8. The van der Waals surface area contributed by atoms with Gasteiger partial charge in [-0.2, -0.15) is 5.10 Å². The van der Waals surface area contributed by atoms with Crippen LogP contribution in [0.2, 0.25) is 0 Å². The van der Waals surface area contributed by atoms with E-state index < -0.39 is 0 Å². The van der Waals surface area contributed by atoms with Gasteiger partial charge >= 0.3 is 6.03 Å². The van der Waals surface area contributed by atoms with Crippen LogP contribution in [0, 0.1) is 0 Å². The summed E-state index contributed by atoms with van der Waals surface area (Å²) in [5.74, 6) is 2.21. The van der Waals surface area contributed by atoms with Crippen molar-refractivity contribution in [3.63, 3.8) is 0 Å². The highest BCUT2D eigenvalue weighted by atomic mass is 16.5. The summed E-state index contributed by atoms with van der Waals surface area (Å²) in [7, 11) is 0. The molecule has 0 bridgehead atoms. The zero-order valence-electron chi connectivity index (χ0n) is 23.7. The van der Waals surface area contributed by atoms with Gasteiger partial charge in [0.1, 0.15) is 23.9 Å². The van der Waals surface area contributed by atoms with E-state index in [-0.39, 0.29) is 17.9 Å². The van der Waals surface area contributed by atoms with E-state index in [1.54, 1.807) is 36.4 Å². The number of nitrogens with zero attached hydrogens (tertiary/aromatic N) is 3. The summed E-state index contributed by atoms with van der Waals surface area (Å²) in [6.45, 7) is 9.10. The molecule has 0 spiro atoms. The first-order chi connectivity index (χ1) is 20.4. The number of hydrogen-bond donors (Lipinski definition) is 4. The molecule has 1 aliphatic heterocycles. The van der Waals surface area contributed by atoms with Gasteiger partial charge in [0, 0.05) is 55.4 Å². The van der Waals surface area contributed by atoms with Crippen LogP contribution in [0.1, 0.15) is 41.4 Å². The van der Waals surface area contributed by atoms with E-state index >= 15 is 0 Å². The predicted molar refractivity (Wildman–Crippen MR) is 158 cm³/mol. The molecule has 0 unspecified atom stereocenters. The maximum Gasteiger partial charge on any atom is 0.320 e. The van der Waals surface area contributed by atoms with E-state index in [9.17, 15) is 9.59 Å². The van der Waals surface area contributed by atoms with Crippen molar-refractivity contribution < 1.29 is 23.6 Å². The molecule has 4 aromatic rings. The fraction of sp³-hybridized carbons (Fsp3) is 0.333. The average Bonchev–Trinajstić information content (AvgIpc) is 3.67. The van der Waals surface area contributed by atoms with Crippen LogP contribution >= 0.6 is 0 Å². The summed E-state index contributed by atoms with van der Waals surface area (Å²) in [6.07, 6.45) is 0. The van der Waals surface area contributed by atoms with Gasteiger partial charge in [-0.25, -0.2) is 4.79 Å². The van der Waals surface area contributed by atoms with Crippen LogP contribution in [0.25, 0.3) is 11.3 Å². The third-order valence-electron chi connectivity index (χ3n) is 6.76. The number of benzene rings is 2. The second-order valence-electron chi connectivity index (χ2n) is 10.2. The second-order valence-corrected chi connectivity index (χ2v) is 10.2. The Labute approximate surface area is 243 Å². The number of nitrogens with one attached hydrogen (secondary N) is 4. The van der Waals surface area contributed by atoms with Crippen LogP contribution in [0.4, 0.5) is 16.4 Å². The number of amides is 3. The van der Waals surface area contributed by atoms with E-state index in [1.165, 1.54) is 0 Å². The molecule has 1 aliphatic rings. The van der Waals surface area contributed by atoms with Crippen LogP contribution in [0.5, 0.6) is 5.75 Å².